The van der Waals surface area contributed by atoms with Crippen molar-refractivity contribution in [2.45, 2.75) is 78.2 Å². The van der Waals surface area contributed by atoms with Crippen molar-refractivity contribution in [1.29, 1.82) is 0 Å². The maximum Gasteiger partial charge on any atom is 0.165 e. The molecule has 0 aliphatic heterocycles. The van der Waals surface area contributed by atoms with E-state index in [-0.39, 0.29) is 0 Å². The Bertz CT molecular complexity index is 576. The zero-order valence-electron chi connectivity index (χ0n) is 14.0. The van der Waals surface area contributed by atoms with Crippen LogP contribution in [0.4, 0.5) is 5.82 Å². The second-order valence-corrected chi connectivity index (χ2v) is 5.98. The van der Waals surface area contributed by atoms with Gasteiger partial charge in [0.15, 0.2) is 17.0 Å². The Morgan fingerprint density at radius 3 is 2.41 bits per heavy atom. The Balaban J connectivity index is 2.14. The highest BCUT2D eigenvalue weighted by atomic mass is 15.1. The summed E-state index contributed by atoms with van der Waals surface area (Å²) in [6.07, 6.45) is 12.5. The number of nitrogens with zero attached hydrogens (tertiary/aromatic N) is 4. The molecule has 2 aromatic heterocycles. The third-order valence-corrected chi connectivity index (χ3v) is 4.13. The van der Waals surface area contributed by atoms with Crippen molar-refractivity contribution in [2.75, 3.05) is 5.73 Å². The Labute approximate surface area is 133 Å². The second-order valence-electron chi connectivity index (χ2n) is 5.98. The number of anilines is 1. The van der Waals surface area contributed by atoms with Crippen LogP contribution in [0.25, 0.3) is 11.2 Å². The molecule has 2 heterocycles. The molecule has 0 unspecified atom stereocenters. The van der Waals surface area contributed by atoms with Crippen molar-refractivity contribution < 1.29 is 0 Å². The summed E-state index contributed by atoms with van der Waals surface area (Å²) in [5.74, 6) is 1.61. The predicted molar refractivity (Wildman–Crippen MR) is 91.7 cm³/mol. The molecule has 0 radical (unpaired) electrons. The summed E-state index contributed by atoms with van der Waals surface area (Å²) in [5.41, 5.74) is 7.63. The highest BCUT2D eigenvalue weighted by Gasteiger charge is 2.14. The van der Waals surface area contributed by atoms with Crippen LogP contribution in [0.15, 0.2) is 6.33 Å². The van der Waals surface area contributed by atoms with E-state index in [4.69, 9.17) is 10.7 Å². The van der Waals surface area contributed by atoms with Gasteiger partial charge in [-0.05, 0) is 12.8 Å². The van der Waals surface area contributed by atoms with Crippen LogP contribution >= 0.6 is 0 Å². The Morgan fingerprint density at radius 1 is 0.955 bits per heavy atom. The summed E-state index contributed by atoms with van der Waals surface area (Å²) >= 11 is 0. The fraction of sp³-hybridized carbons (Fsp3) is 0.706. The van der Waals surface area contributed by atoms with Crippen LogP contribution in [0.2, 0.25) is 0 Å². The largest absolute Gasteiger partial charge is 0.382 e. The molecule has 0 aliphatic carbocycles. The molecular formula is C17H29N5. The zero-order chi connectivity index (χ0) is 15.8. The number of imidazole rings is 1. The third kappa shape index (κ3) is 4.18. The number of unbranched alkanes of at least 4 members (excludes halogenated alkanes) is 6. The molecule has 122 valence electrons. The van der Waals surface area contributed by atoms with E-state index in [1.165, 1.54) is 51.4 Å². The van der Waals surface area contributed by atoms with Gasteiger partial charge in [-0.2, -0.15) is 0 Å². The molecule has 5 heteroatoms. The summed E-state index contributed by atoms with van der Waals surface area (Å²) in [5, 5.41) is 0. The first-order valence-corrected chi connectivity index (χ1v) is 8.73. The van der Waals surface area contributed by atoms with Gasteiger partial charge in [-0.3, -0.25) is 0 Å². The van der Waals surface area contributed by atoms with Gasteiger partial charge >= 0.3 is 0 Å². The van der Waals surface area contributed by atoms with E-state index in [0.29, 0.717) is 5.82 Å². The monoisotopic (exact) mass is 303 g/mol. The van der Waals surface area contributed by atoms with Gasteiger partial charge in [-0.25, -0.2) is 15.0 Å². The van der Waals surface area contributed by atoms with Crippen LogP contribution in [0.1, 0.15) is 71.0 Å². The standard InChI is InChI=1S/C17H29N5/c1-3-5-7-9-11-14-21-15-16(18)19-13-20-17(15)22(14)12-10-8-6-4-2/h13H,3-12H2,1-2H3,(H2,18,19,20). The molecule has 2 N–H and O–H groups in total. The van der Waals surface area contributed by atoms with Gasteiger partial charge < -0.3 is 10.3 Å². The summed E-state index contributed by atoms with van der Waals surface area (Å²) in [4.78, 5) is 13.2. The maximum absolute atomic E-state index is 5.96. The average molecular weight is 303 g/mol. The number of rotatable bonds is 10. The van der Waals surface area contributed by atoms with Gasteiger partial charge in [0, 0.05) is 13.0 Å². The van der Waals surface area contributed by atoms with E-state index < -0.39 is 0 Å². The molecule has 0 atom stereocenters. The van der Waals surface area contributed by atoms with Crippen molar-refractivity contribution in [2.24, 2.45) is 0 Å². The first kappa shape index (κ1) is 16.7. The number of nitrogen functional groups attached to an aromatic ring is 1. The Hall–Kier alpha value is -1.65. The highest BCUT2D eigenvalue weighted by Crippen LogP contribution is 2.20. The van der Waals surface area contributed by atoms with Gasteiger partial charge in [0.05, 0.1) is 0 Å². The fourth-order valence-corrected chi connectivity index (χ4v) is 2.83. The van der Waals surface area contributed by atoms with Crippen LogP contribution < -0.4 is 5.73 Å². The van der Waals surface area contributed by atoms with Crippen LogP contribution in [-0.2, 0) is 13.0 Å². The second kappa shape index (κ2) is 8.71. The third-order valence-electron chi connectivity index (χ3n) is 4.13. The van der Waals surface area contributed by atoms with Gasteiger partial charge in [0.25, 0.3) is 0 Å². The highest BCUT2D eigenvalue weighted by molar-refractivity contribution is 5.81. The normalized spacial score (nSPS) is 11.4. The molecule has 22 heavy (non-hydrogen) atoms. The molecule has 0 saturated heterocycles. The van der Waals surface area contributed by atoms with E-state index in [2.05, 4.69) is 28.4 Å². The van der Waals surface area contributed by atoms with Crippen LogP contribution in [0.3, 0.4) is 0 Å². The lowest BCUT2D eigenvalue weighted by Crippen LogP contribution is -2.05. The SMILES string of the molecule is CCCCCCc1nc2c(N)ncnc2n1CCCCCC. The Kier molecular flexibility index (Phi) is 6.62. The minimum atomic E-state index is 0.493. The topological polar surface area (TPSA) is 69.6 Å². The first-order valence-electron chi connectivity index (χ1n) is 8.73. The molecule has 0 aliphatic rings. The summed E-state index contributed by atoms with van der Waals surface area (Å²) in [6.45, 7) is 5.45. The number of aryl methyl sites for hydroxylation is 2. The minimum absolute atomic E-state index is 0.493. The quantitative estimate of drug-likeness (QED) is 0.670. The van der Waals surface area contributed by atoms with Gasteiger partial charge in [0.1, 0.15) is 12.2 Å². The van der Waals surface area contributed by atoms with Crippen molar-refractivity contribution in [3.63, 3.8) is 0 Å². The molecular weight excluding hydrogens is 274 g/mol. The molecule has 0 spiro atoms. The molecule has 2 aromatic rings. The van der Waals surface area contributed by atoms with Crippen molar-refractivity contribution in [1.82, 2.24) is 19.5 Å². The molecule has 2 rings (SSSR count). The maximum atomic E-state index is 5.96. The van der Waals surface area contributed by atoms with Crippen LogP contribution in [0, 0.1) is 0 Å². The predicted octanol–water partition coefficient (Wildman–Crippen LogP) is 4.11. The van der Waals surface area contributed by atoms with Gasteiger partial charge in [-0.1, -0.05) is 52.4 Å². The molecule has 0 amide bonds. The Morgan fingerprint density at radius 2 is 1.68 bits per heavy atom. The number of hydrogen-bond donors (Lipinski definition) is 1. The summed E-state index contributed by atoms with van der Waals surface area (Å²) < 4.78 is 2.26. The van der Waals surface area contributed by atoms with E-state index in [0.717, 1.165) is 30.0 Å². The first-order chi connectivity index (χ1) is 10.8. The molecule has 0 aromatic carbocycles. The molecule has 0 bridgehead atoms. The van der Waals surface area contributed by atoms with Crippen molar-refractivity contribution >= 4 is 17.0 Å². The number of nitrogens with two attached hydrogens (primary N) is 1. The smallest absolute Gasteiger partial charge is 0.165 e. The lowest BCUT2D eigenvalue weighted by Gasteiger charge is -2.08. The van der Waals surface area contributed by atoms with E-state index in [1.54, 1.807) is 6.33 Å². The van der Waals surface area contributed by atoms with Crippen molar-refractivity contribution in [3.8, 4) is 0 Å². The summed E-state index contributed by atoms with van der Waals surface area (Å²) in [7, 11) is 0. The minimum Gasteiger partial charge on any atom is -0.382 e. The van der Waals surface area contributed by atoms with Crippen LogP contribution in [0.5, 0.6) is 0 Å². The van der Waals surface area contributed by atoms with Gasteiger partial charge in [0.2, 0.25) is 0 Å². The van der Waals surface area contributed by atoms with E-state index >= 15 is 0 Å². The fourth-order valence-electron chi connectivity index (χ4n) is 2.83. The van der Waals surface area contributed by atoms with Crippen LogP contribution in [-0.4, -0.2) is 19.5 Å². The van der Waals surface area contributed by atoms with Crippen molar-refractivity contribution in [3.05, 3.63) is 12.2 Å². The zero-order valence-corrected chi connectivity index (χ0v) is 14.0. The number of aromatic nitrogens is 4. The average Bonchev–Trinajstić information content (AvgIpc) is 2.88. The molecule has 0 saturated carbocycles. The van der Waals surface area contributed by atoms with E-state index in [1.807, 2.05) is 0 Å². The van der Waals surface area contributed by atoms with E-state index in [9.17, 15) is 0 Å². The molecule has 0 fully saturated rings. The lowest BCUT2D eigenvalue weighted by molar-refractivity contribution is 0.560. The summed E-state index contributed by atoms with van der Waals surface area (Å²) in [6, 6.07) is 0. The van der Waals surface area contributed by atoms with Gasteiger partial charge in [-0.15, -0.1) is 0 Å². The lowest BCUT2D eigenvalue weighted by atomic mass is 10.1. The molecule has 5 nitrogen and oxygen atoms in total. The number of hydrogen-bond acceptors (Lipinski definition) is 4. The number of fused-ring (bicyclic) bond motifs is 1.